The Morgan fingerprint density at radius 1 is 1.17 bits per heavy atom. The number of esters is 1. The number of carbonyl (C=O) groups excluding carboxylic acids is 1. The van der Waals surface area contributed by atoms with Crippen LogP contribution in [-0.2, 0) is 11.3 Å². The first kappa shape index (κ1) is 15.1. The highest BCUT2D eigenvalue weighted by Gasteiger charge is 2.08. The zero-order chi connectivity index (χ0) is 16.2. The summed E-state index contributed by atoms with van der Waals surface area (Å²) in [6.45, 7) is 2.85. The van der Waals surface area contributed by atoms with E-state index in [-0.39, 0.29) is 5.97 Å². The highest BCUT2D eigenvalue weighted by molar-refractivity contribution is 5.89. The third-order valence-corrected chi connectivity index (χ3v) is 3.65. The molecule has 3 rings (SSSR count). The van der Waals surface area contributed by atoms with Crippen molar-refractivity contribution >= 4 is 17.0 Å². The summed E-state index contributed by atoms with van der Waals surface area (Å²) in [5, 5.41) is 0. The molecule has 0 saturated heterocycles. The first-order valence-corrected chi connectivity index (χ1v) is 7.46. The van der Waals surface area contributed by atoms with E-state index in [1.807, 2.05) is 36.7 Å². The molecule has 3 aromatic rings. The van der Waals surface area contributed by atoms with Gasteiger partial charge in [-0.2, -0.15) is 0 Å². The minimum absolute atomic E-state index is 0.295. The fraction of sp³-hybridized carbons (Fsp3) is 0.222. The van der Waals surface area contributed by atoms with Crippen molar-refractivity contribution in [3.8, 4) is 5.75 Å². The van der Waals surface area contributed by atoms with Gasteiger partial charge in [0.05, 0.1) is 36.6 Å². The first-order chi connectivity index (χ1) is 11.2. The molecule has 0 spiro atoms. The Morgan fingerprint density at radius 2 is 1.96 bits per heavy atom. The van der Waals surface area contributed by atoms with E-state index in [0.29, 0.717) is 18.7 Å². The Labute approximate surface area is 134 Å². The minimum Gasteiger partial charge on any atom is -0.497 e. The Kier molecular flexibility index (Phi) is 4.28. The lowest BCUT2D eigenvalue weighted by molar-refractivity contribution is 0.0526. The van der Waals surface area contributed by atoms with Gasteiger partial charge in [-0.1, -0.05) is 12.1 Å². The zero-order valence-electron chi connectivity index (χ0n) is 13.2. The molecule has 0 atom stereocenters. The maximum atomic E-state index is 11.7. The Balaban J connectivity index is 1.83. The van der Waals surface area contributed by atoms with Crippen LogP contribution in [0.5, 0.6) is 5.75 Å². The van der Waals surface area contributed by atoms with Crippen molar-refractivity contribution in [1.82, 2.24) is 9.55 Å². The average Bonchev–Trinajstić information content (AvgIpc) is 2.98. The van der Waals surface area contributed by atoms with E-state index in [1.165, 1.54) is 0 Å². The van der Waals surface area contributed by atoms with Crippen molar-refractivity contribution in [2.45, 2.75) is 13.5 Å². The fourth-order valence-electron chi connectivity index (χ4n) is 2.45. The predicted molar refractivity (Wildman–Crippen MR) is 87.8 cm³/mol. The molecule has 0 aliphatic rings. The van der Waals surface area contributed by atoms with Crippen molar-refractivity contribution in [3.05, 3.63) is 59.9 Å². The van der Waals surface area contributed by atoms with Gasteiger partial charge in [0.2, 0.25) is 0 Å². The first-order valence-electron chi connectivity index (χ1n) is 7.46. The molecule has 0 fully saturated rings. The van der Waals surface area contributed by atoms with Crippen LogP contribution in [0.2, 0.25) is 0 Å². The predicted octanol–water partition coefficient (Wildman–Crippen LogP) is 3.27. The van der Waals surface area contributed by atoms with Crippen LogP contribution in [0.4, 0.5) is 0 Å². The van der Waals surface area contributed by atoms with E-state index in [4.69, 9.17) is 9.47 Å². The van der Waals surface area contributed by atoms with Gasteiger partial charge in [-0.05, 0) is 36.8 Å². The molecule has 118 valence electrons. The molecule has 0 aliphatic heterocycles. The summed E-state index contributed by atoms with van der Waals surface area (Å²) in [5.74, 6) is 0.508. The largest absolute Gasteiger partial charge is 0.497 e. The van der Waals surface area contributed by atoms with Crippen LogP contribution in [0.1, 0.15) is 22.8 Å². The van der Waals surface area contributed by atoms with Crippen LogP contribution in [0.15, 0.2) is 48.8 Å². The van der Waals surface area contributed by atoms with Crippen molar-refractivity contribution < 1.29 is 14.3 Å². The van der Waals surface area contributed by atoms with E-state index in [0.717, 1.165) is 22.3 Å². The number of hydrogen-bond acceptors (Lipinski definition) is 4. The molecule has 23 heavy (non-hydrogen) atoms. The lowest BCUT2D eigenvalue weighted by Gasteiger charge is -2.07. The van der Waals surface area contributed by atoms with Gasteiger partial charge >= 0.3 is 5.97 Å². The minimum atomic E-state index is -0.295. The quantitative estimate of drug-likeness (QED) is 0.679. The third kappa shape index (κ3) is 3.18. The molecule has 1 heterocycles. The molecular weight excluding hydrogens is 292 g/mol. The Hall–Kier alpha value is -2.82. The number of aromatic nitrogens is 2. The number of benzene rings is 2. The van der Waals surface area contributed by atoms with Crippen molar-refractivity contribution in [3.63, 3.8) is 0 Å². The molecule has 2 aromatic carbocycles. The van der Waals surface area contributed by atoms with Crippen molar-refractivity contribution in [2.75, 3.05) is 13.7 Å². The SMILES string of the molecule is CCOC(=O)c1ccc(Cn2cnc3ccc(OC)cc32)cc1. The number of hydrogen-bond donors (Lipinski definition) is 0. The highest BCUT2D eigenvalue weighted by atomic mass is 16.5. The number of carbonyl (C=O) groups is 1. The van der Waals surface area contributed by atoms with E-state index in [9.17, 15) is 4.79 Å². The second-order valence-corrected chi connectivity index (χ2v) is 5.14. The van der Waals surface area contributed by atoms with Crippen molar-refractivity contribution in [1.29, 1.82) is 0 Å². The monoisotopic (exact) mass is 310 g/mol. The molecule has 0 unspecified atom stereocenters. The van der Waals surface area contributed by atoms with E-state index in [1.54, 1.807) is 26.2 Å². The van der Waals surface area contributed by atoms with Gasteiger partial charge in [0.25, 0.3) is 0 Å². The van der Waals surface area contributed by atoms with Gasteiger partial charge in [-0.15, -0.1) is 0 Å². The Bertz CT molecular complexity index is 822. The summed E-state index contributed by atoms with van der Waals surface area (Å²) < 4.78 is 12.3. The van der Waals surface area contributed by atoms with Gasteiger partial charge in [-0.3, -0.25) is 0 Å². The van der Waals surface area contributed by atoms with Gasteiger partial charge in [0, 0.05) is 12.6 Å². The van der Waals surface area contributed by atoms with Gasteiger partial charge in [0.1, 0.15) is 5.75 Å². The molecule has 5 nitrogen and oxygen atoms in total. The van der Waals surface area contributed by atoms with Crippen LogP contribution >= 0.6 is 0 Å². The topological polar surface area (TPSA) is 53.4 Å². The van der Waals surface area contributed by atoms with Gasteiger partial charge < -0.3 is 14.0 Å². The summed E-state index contributed by atoms with van der Waals surface area (Å²) in [5.41, 5.74) is 3.58. The lowest BCUT2D eigenvalue weighted by atomic mass is 10.1. The molecule has 1 aromatic heterocycles. The molecule has 0 radical (unpaired) electrons. The van der Waals surface area contributed by atoms with Crippen LogP contribution in [-0.4, -0.2) is 29.2 Å². The van der Waals surface area contributed by atoms with E-state index < -0.39 is 0 Å². The van der Waals surface area contributed by atoms with E-state index in [2.05, 4.69) is 9.55 Å². The van der Waals surface area contributed by atoms with E-state index >= 15 is 0 Å². The zero-order valence-corrected chi connectivity index (χ0v) is 13.2. The van der Waals surface area contributed by atoms with Gasteiger partial charge in [-0.25, -0.2) is 9.78 Å². The normalized spacial score (nSPS) is 10.7. The summed E-state index contributed by atoms with van der Waals surface area (Å²) in [6, 6.07) is 13.2. The standard InChI is InChI=1S/C18H18N2O3/c1-3-23-18(21)14-6-4-13(5-7-14)11-20-12-19-16-9-8-15(22-2)10-17(16)20/h4-10,12H,3,11H2,1-2H3. The maximum Gasteiger partial charge on any atom is 0.338 e. The number of imidazole rings is 1. The summed E-state index contributed by atoms with van der Waals surface area (Å²) >= 11 is 0. The average molecular weight is 310 g/mol. The van der Waals surface area contributed by atoms with Crippen molar-refractivity contribution in [2.24, 2.45) is 0 Å². The third-order valence-electron chi connectivity index (χ3n) is 3.65. The number of rotatable bonds is 5. The van der Waals surface area contributed by atoms with Crippen LogP contribution in [0.25, 0.3) is 11.0 Å². The lowest BCUT2D eigenvalue weighted by Crippen LogP contribution is -2.05. The molecule has 0 N–H and O–H groups in total. The Morgan fingerprint density at radius 3 is 2.65 bits per heavy atom. The number of methoxy groups -OCH3 is 1. The molecular formula is C18H18N2O3. The second kappa shape index (κ2) is 6.52. The summed E-state index contributed by atoms with van der Waals surface area (Å²) in [4.78, 5) is 16.1. The highest BCUT2D eigenvalue weighted by Crippen LogP contribution is 2.20. The van der Waals surface area contributed by atoms with Crippen LogP contribution in [0, 0.1) is 0 Å². The smallest absolute Gasteiger partial charge is 0.338 e. The summed E-state index contributed by atoms with van der Waals surface area (Å²) in [6.07, 6.45) is 1.81. The van der Waals surface area contributed by atoms with Crippen LogP contribution < -0.4 is 4.74 Å². The number of ether oxygens (including phenoxy) is 2. The van der Waals surface area contributed by atoms with Gasteiger partial charge in [0.15, 0.2) is 0 Å². The second-order valence-electron chi connectivity index (χ2n) is 5.14. The molecule has 0 amide bonds. The molecule has 0 saturated carbocycles. The fourth-order valence-corrected chi connectivity index (χ4v) is 2.45. The number of fused-ring (bicyclic) bond motifs is 1. The van der Waals surface area contributed by atoms with Crippen LogP contribution in [0.3, 0.4) is 0 Å². The molecule has 0 bridgehead atoms. The molecule has 0 aliphatic carbocycles. The molecule has 5 heteroatoms. The number of nitrogens with zero attached hydrogens (tertiary/aromatic N) is 2. The maximum absolute atomic E-state index is 11.7. The summed E-state index contributed by atoms with van der Waals surface area (Å²) in [7, 11) is 1.65.